The van der Waals surface area contributed by atoms with E-state index in [1.165, 1.54) is 10.9 Å². The Kier molecular flexibility index (Phi) is 7.15. The second-order valence-corrected chi connectivity index (χ2v) is 11.9. The van der Waals surface area contributed by atoms with E-state index >= 15 is 0 Å². The van der Waals surface area contributed by atoms with Gasteiger partial charge in [0.1, 0.15) is 8.07 Å². The molecule has 0 aliphatic rings. The van der Waals surface area contributed by atoms with Crippen LogP contribution in [0.25, 0.3) is 18.2 Å². The summed E-state index contributed by atoms with van der Waals surface area (Å²) >= 11 is 0. The molecule has 0 aliphatic heterocycles. The van der Waals surface area contributed by atoms with Crippen molar-refractivity contribution in [2.75, 3.05) is 6.61 Å². The van der Waals surface area contributed by atoms with Crippen molar-refractivity contribution >= 4 is 37.6 Å². The molecule has 0 aliphatic carbocycles. The average molecular weight is 414 g/mol. The van der Waals surface area contributed by atoms with Crippen LogP contribution in [0.5, 0.6) is 0 Å². The van der Waals surface area contributed by atoms with Crippen LogP contribution in [0, 0.1) is 0 Å². The van der Waals surface area contributed by atoms with Crippen LogP contribution in [0.1, 0.15) is 34.0 Å². The lowest BCUT2D eigenvalue weighted by atomic mass is 10.1. The number of nitrogens with zero attached hydrogens (tertiary/aromatic N) is 1. The van der Waals surface area contributed by atoms with Crippen LogP contribution in [0.15, 0.2) is 78.6 Å². The number of esters is 1. The maximum Gasteiger partial charge on any atom is 0.338 e. The Labute approximate surface area is 179 Å². The molecule has 0 atom stereocenters. The first-order valence-corrected chi connectivity index (χ1v) is 13.2. The highest BCUT2D eigenvalue weighted by atomic mass is 28.3. The number of hydrogen-bond donors (Lipinski definition) is 0. The molecule has 4 heteroatoms. The third kappa shape index (κ3) is 5.88. The van der Waals surface area contributed by atoms with Crippen molar-refractivity contribution in [3.8, 4) is 0 Å². The highest BCUT2D eigenvalue weighted by Gasteiger charge is 2.20. The van der Waals surface area contributed by atoms with Crippen molar-refractivity contribution in [1.29, 1.82) is 0 Å². The summed E-state index contributed by atoms with van der Waals surface area (Å²) in [6, 6.07) is 22.0. The monoisotopic (exact) mass is 413 g/mol. The van der Waals surface area contributed by atoms with E-state index in [0.717, 1.165) is 11.1 Å². The number of benzene rings is 2. The summed E-state index contributed by atoms with van der Waals surface area (Å²) in [6.45, 7) is 6.79. The Morgan fingerprint density at radius 3 is 1.97 bits per heavy atom. The topological polar surface area (TPSA) is 39.2 Å². The van der Waals surface area contributed by atoms with Crippen molar-refractivity contribution in [2.24, 2.45) is 0 Å². The Balaban J connectivity index is 1.64. The predicted molar refractivity (Wildman–Crippen MR) is 128 cm³/mol. The number of hydrogen-bond acceptors (Lipinski definition) is 3. The molecular formula is C26H27NO2Si. The molecule has 3 rings (SSSR count). The fraction of sp³-hybridized carbons (Fsp3) is 0.154. The normalized spacial score (nSPS) is 11.8. The Morgan fingerprint density at radius 2 is 1.43 bits per heavy atom. The summed E-state index contributed by atoms with van der Waals surface area (Å²) in [4.78, 5) is 16.2. The van der Waals surface area contributed by atoms with Crippen molar-refractivity contribution in [3.05, 3.63) is 101 Å². The van der Waals surface area contributed by atoms with E-state index in [1.807, 2.05) is 30.5 Å². The van der Waals surface area contributed by atoms with Gasteiger partial charge in [-0.15, -0.1) is 0 Å². The van der Waals surface area contributed by atoms with E-state index < -0.39 is 8.07 Å². The fourth-order valence-corrected chi connectivity index (χ4v) is 4.70. The molecule has 0 N–H and O–H groups in total. The number of pyridine rings is 1. The second-order valence-electron chi connectivity index (χ2n) is 7.61. The highest BCUT2D eigenvalue weighted by molar-refractivity contribution is 6.93. The zero-order chi connectivity index (χ0) is 21.4. The van der Waals surface area contributed by atoms with Crippen molar-refractivity contribution in [2.45, 2.75) is 20.0 Å². The molecule has 3 nitrogen and oxygen atoms in total. The minimum Gasteiger partial charge on any atom is -0.462 e. The summed E-state index contributed by atoms with van der Waals surface area (Å²) in [6.07, 6.45) is 8.17. The molecule has 0 spiro atoms. The van der Waals surface area contributed by atoms with Crippen LogP contribution in [0.4, 0.5) is 0 Å². The smallest absolute Gasteiger partial charge is 0.338 e. The Hall–Kier alpha value is -3.24. The van der Waals surface area contributed by atoms with E-state index in [-0.39, 0.29) is 5.97 Å². The van der Waals surface area contributed by atoms with Gasteiger partial charge in [0.25, 0.3) is 0 Å². The maximum atomic E-state index is 11.7. The summed E-state index contributed by atoms with van der Waals surface area (Å²) in [5.74, 6) is -0.286. The maximum absolute atomic E-state index is 11.7. The number of carbonyl (C=O) groups is 1. The molecule has 1 heterocycles. The van der Waals surface area contributed by atoms with Gasteiger partial charge < -0.3 is 4.74 Å². The molecule has 152 valence electrons. The first-order valence-electron chi connectivity index (χ1n) is 10.1. The molecule has 0 radical (unpaired) electrons. The molecule has 2 aromatic carbocycles. The van der Waals surface area contributed by atoms with Gasteiger partial charge in [0.2, 0.25) is 0 Å². The number of aromatic nitrogens is 1. The van der Waals surface area contributed by atoms with Crippen LogP contribution in [0.3, 0.4) is 0 Å². The van der Waals surface area contributed by atoms with Crippen LogP contribution in [-0.4, -0.2) is 25.6 Å². The van der Waals surface area contributed by atoms with Gasteiger partial charge in [-0.1, -0.05) is 79.5 Å². The lowest BCUT2D eigenvalue weighted by Crippen LogP contribution is -2.41. The fourth-order valence-electron chi connectivity index (χ4n) is 2.99. The van der Waals surface area contributed by atoms with Crippen molar-refractivity contribution in [3.63, 3.8) is 0 Å². The van der Waals surface area contributed by atoms with E-state index in [1.54, 1.807) is 19.1 Å². The summed E-state index contributed by atoms with van der Waals surface area (Å²) in [7, 11) is -1.69. The van der Waals surface area contributed by atoms with Crippen LogP contribution in [-0.2, 0) is 4.74 Å². The molecule has 0 saturated carbocycles. The van der Waals surface area contributed by atoms with Gasteiger partial charge in [-0.25, -0.2) is 4.79 Å². The second kappa shape index (κ2) is 9.99. The quantitative estimate of drug-likeness (QED) is 0.288. The first kappa shape index (κ1) is 21.5. The molecular weight excluding hydrogens is 386 g/mol. The molecule has 30 heavy (non-hydrogen) atoms. The zero-order valence-corrected chi connectivity index (χ0v) is 18.7. The number of rotatable bonds is 7. The van der Waals surface area contributed by atoms with E-state index in [0.29, 0.717) is 12.2 Å². The van der Waals surface area contributed by atoms with E-state index in [2.05, 4.69) is 72.3 Å². The molecule has 0 bridgehead atoms. The minimum absolute atomic E-state index is 0.286. The Morgan fingerprint density at radius 1 is 0.867 bits per heavy atom. The molecule has 0 unspecified atom stereocenters. The van der Waals surface area contributed by atoms with Crippen molar-refractivity contribution in [1.82, 2.24) is 4.98 Å². The van der Waals surface area contributed by atoms with Crippen LogP contribution < -0.4 is 5.32 Å². The highest BCUT2D eigenvalue weighted by Crippen LogP contribution is 2.14. The third-order valence-electron chi connectivity index (χ3n) is 4.84. The zero-order valence-electron chi connectivity index (χ0n) is 17.7. The van der Waals surface area contributed by atoms with E-state index in [4.69, 9.17) is 4.74 Å². The van der Waals surface area contributed by atoms with Gasteiger partial charge in [-0.3, -0.25) is 4.98 Å². The van der Waals surface area contributed by atoms with Gasteiger partial charge in [-0.05, 0) is 47.9 Å². The molecule has 1 aromatic heterocycles. The van der Waals surface area contributed by atoms with Gasteiger partial charge in [0, 0.05) is 11.5 Å². The molecule has 3 aromatic rings. The average Bonchev–Trinajstić information content (AvgIpc) is 2.78. The predicted octanol–water partition coefficient (Wildman–Crippen LogP) is 5.60. The lowest BCUT2D eigenvalue weighted by Gasteiger charge is -2.16. The standard InChI is InChI=1S/C26H27NO2Si/c1-4-29-26(28)24-16-14-22(15-17-24)9-8-21-10-12-23(13-11-21)18-20-30(2,3)25-7-5-6-19-27-25/h5-20H,4H2,1-3H3/b9-8+,20-18+. The first-order chi connectivity index (χ1) is 14.5. The summed E-state index contributed by atoms with van der Waals surface area (Å²) < 4.78 is 5.01. The van der Waals surface area contributed by atoms with Crippen LogP contribution >= 0.6 is 0 Å². The van der Waals surface area contributed by atoms with Gasteiger partial charge >= 0.3 is 5.97 Å². The molecule has 0 fully saturated rings. The number of ether oxygens (including phenoxy) is 1. The minimum atomic E-state index is -1.69. The molecule has 0 amide bonds. The summed E-state index contributed by atoms with van der Waals surface area (Å²) in [5.41, 5.74) is 6.24. The largest absolute Gasteiger partial charge is 0.462 e. The third-order valence-corrected chi connectivity index (χ3v) is 7.46. The van der Waals surface area contributed by atoms with Gasteiger partial charge in [-0.2, -0.15) is 0 Å². The Bertz CT molecular complexity index is 1020. The lowest BCUT2D eigenvalue weighted by molar-refractivity contribution is 0.0526. The number of carbonyl (C=O) groups excluding carboxylic acids is 1. The van der Waals surface area contributed by atoms with Gasteiger partial charge in [0.05, 0.1) is 12.2 Å². The summed E-state index contributed by atoms with van der Waals surface area (Å²) in [5, 5.41) is 1.19. The van der Waals surface area contributed by atoms with Crippen LogP contribution in [0.2, 0.25) is 13.1 Å². The SMILES string of the molecule is CCOC(=O)c1ccc(/C=C/c2ccc(/C=C/[Si](C)(C)c3ccccn3)cc2)cc1. The van der Waals surface area contributed by atoms with E-state index in [9.17, 15) is 4.79 Å². The molecule has 0 saturated heterocycles. The van der Waals surface area contributed by atoms with Crippen molar-refractivity contribution < 1.29 is 9.53 Å². The van der Waals surface area contributed by atoms with Gasteiger partial charge in [0.15, 0.2) is 0 Å².